The molecule has 1 aromatic carbocycles. The van der Waals surface area contributed by atoms with E-state index in [9.17, 15) is 9.59 Å². The number of aromatic nitrogens is 2. The van der Waals surface area contributed by atoms with Gasteiger partial charge in [-0.15, -0.1) is 11.3 Å². The number of rotatable bonds is 4. The number of thiazole rings is 1. The maximum absolute atomic E-state index is 11.1. The molecule has 9 nitrogen and oxygen atoms in total. The first-order valence-corrected chi connectivity index (χ1v) is 8.26. The van der Waals surface area contributed by atoms with Gasteiger partial charge in [-0.25, -0.2) is 9.78 Å². The van der Waals surface area contributed by atoms with Crippen molar-refractivity contribution in [1.29, 1.82) is 0 Å². The van der Waals surface area contributed by atoms with E-state index in [4.69, 9.17) is 20.5 Å². The Labute approximate surface area is 152 Å². The van der Waals surface area contributed by atoms with Crippen LogP contribution in [0.5, 0.6) is 0 Å². The highest BCUT2D eigenvalue weighted by molar-refractivity contribution is 7.14. The van der Waals surface area contributed by atoms with Gasteiger partial charge in [0.1, 0.15) is 11.4 Å². The second-order valence-corrected chi connectivity index (χ2v) is 5.61. The van der Waals surface area contributed by atoms with Crippen molar-refractivity contribution in [2.45, 2.75) is 0 Å². The number of hydrogen-bond acceptors (Lipinski definition) is 8. The number of amides is 1. The summed E-state index contributed by atoms with van der Waals surface area (Å²) in [6, 6.07) is 11.2. The minimum Gasteiger partial charge on any atom is -0.474 e. The van der Waals surface area contributed by atoms with Gasteiger partial charge in [0, 0.05) is 23.6 Å². The van der Waals surface area contributed by atoms with Crippen LogP contribution in [0.15, 0.2) is 46.3 Å². The van der Waals surface area contributed by atoms with Crippen LogP contribution < -0.4 is 11.1 Å². The van der Waals surface area contributed by atoms with Gasteiger partial charge in [-0.05, 0) is 0 Å². The minimum atomic E-state index is -1.57. The van der Waals surface area contributed by atoms with Crippen molar-refractivity contribution in [3.05, 3.63) is 41.8 Å². The van der Waals surface area contributed by atoms with Crippen LogP contribution in [0, 0.1) is 0 Å². The van der Waals surface area contributed by atoms with Gasteiger partial charge < -0.3 is 20.5 Å². The highest BCUT2D eigenvalue weighted by atomic mass is 32.1. The number of carbonyl (C=O) groups is 2. The molecule has 10 heteroatoms. The normalized spacial score (nSPS) is 9.92. The van der Waals surface area contributed by atoms with Crippen LogP contribution in [0.2, 0.25) is 0 Å². The Balaban J connectivity index is 0.000000552. The van der Waals surface area contributed by atoms with Gasteiger partial charge in [-0.3, -0.25) is 10.1 Å². The number of carboxylic acid groups (broad SMARTS) is 1. The van der Waals surface area contributed by atoms with E-state index in [0.717, 1.165) is 16.9 Å². The van der Waals surface area contributed by atoms with Gasteiger partial charge in [0.05, 0.1) is 6.61 Å². The number of aliphatic hydroxyl groups excluding tert-OH is 1. The van der Waals surface area contributed by atoms with E-state index in [1.54, 1.807) is 11.4 Å². The molecule has 3 rings (SSSR count). The molecule has 0 unspecified atom stereocenters. The van der Waals surface area contributed by atoms with Crippen molar-refractivity contribution < 1.29 is 24.3 Å². The summed E-state index contributed by atoms with van der Waals surface area (Å²) in [5.41, 5.74) is 6.83. The molecular formula is C16H16N4O5S. The molecule has 136 valence electrons. The summed E-state index contributed by atoms with van der Waals surface area (Å²) in [6.07, 6.45) is 0. The van der Waals surface area contributed by atoms with Crippen LogP contribution in [0.4, 0.5) is 5.13 Å². The highest BCUT2D eigenvalue weighted by Gasteiger charge is 2.16. The number of carboxylic acids is 1. The molecule has 0 bridgehead atoms. The number of aliphatic carboxylic acids is 1. The maximum Gasteiger partial charge on any atom is 0.394 e. The van der Waals surface area contributed by atoms with Crippen LogP contribution in [0.25, 0.3) is 22.7 Å². The third kappa shape index (κ3) is 5.21. The zero-order valence-corrected chi connectivity index (χ0v) is 14.3. The molecule has 0 aliphatic heterocycles. The summed E-state index contributed by atoms with van der Waals surface area (Å²) >= 11 is 1.10. The molecule has 5 N–H and O–H groups in total. The lowest BCUT2D eigenvalue weighted by Crippen LogP contribution is -2.21. The molecule has 26 heavy (non-hydrogen) atoms. The molecule has 0 saturated carbocycles. The van der Waals surface area contributed by atoms with Gasteiger partial charge in [0.15, 0.2) is 10.9 Å². The smallest absolute Gasteiger partial charge is 0.394 e. The topological polar surface area (TPSA) is 152 Å². The fourth-order valence-corrected chi connectivity index (χ4v) is 2.43. The first-order chi connectivity index (χ1) is 12.5. The van der Waals surface area contributed by atoms with Gasteiger partial charge in [0.2, 0.25) is 0 Å². The number of hydrogen-bond donors (Lipinski definition) is 4. The quantitative estimate of drug-likeness (QED) is 0.499. The van der Waals surface area contributed by atoms with Crippen LogP contribution >= 0.6 is 11.3 Å². The number of nitrogens with two attached hydrogens (primary N) is 1. The molecule has 0 aliphatic carbocycles. The van der Waals surface area contributed by atoms with E-state index in [1.165, 1.54) is 0 Å². The molecule has 1 amide bonds. The molecule has 2 heterocycles. The molecule has 2 aromatic heterocycles. The Hall–Kier alpha value is -3.08. The fraction of sp³-hybridized carbons (Fsp3) is 0.125. The van der Waals surface area contributed by atoms with Gasteiger partial charge >= 0.3 is 11.9 Å². The summed E-state index contributed by atoms with van der Waals surface area (Å²) in [6.45, 7) is 0.472. The van der Waals surface area contributed by atoms with Crippen LogP contribution in [0.1, 0.15) is 0 Å². The number of anilines is 1. The van der Waals surface area contributed by atoms with Crippen molar-refractivity contribution in [3.63, 3.8) is 0 Å². The second-order valence-electron chi connectivity index (χ2n) is 4.75. The Morgan fingerprint density at radius 1 is 1.23 bits per heavy atom. The Morgan fingerprint density at radius 3 is 2.54 bits per heavy atom. The zero-order chi connectivity index (χ0) is 18.9. The molecule has 0 saturated heterocycles. The highest BCUT2D eigenvalue weighted by Crippen LogP contribution is 2.28. The van der Waals surface area contributed by atoms with Crippen molar-refractivity contribution in [2.75, 3.05) is 18.5 Å². The number of nitrogens with zero attached hydrogens (tertiary/aromatic N) is 2. The Morgan fingerprint density at radius 2 is 1.92 bits per heavy atom. The standard InChI is InChI=1S/C14H9N3O4S.C2H7NO/c18-12(13(19)20)16-14-15-10(7-22-14)11-6-9(17-21-11)8-4-2-1-3-5-8;3-1-2-4/h1-7H,(H,19,20)(H,15,16,18);4H,1-3H2. The van der Waals surface area contributed by atoms with Crippen LogP contribution in [-0.2, 0) is 9.59 Å². The number of aliphatic hydroxyl groups is 1. The lowest BCUT2D eigenvalue weighted by atomic mass is 10.1. The summed E-state index contributed by atoms with van der Waals surface area (Å²) in [7, 11) is 0. The van der Waals surface area contributed by atoms with Crippen molar-refractivity contribution >= 4 is 28.3 Å². The summed E-state index contributed by atoms with van der Waals surface area (Å²) < 4.78 is 5.24. The van der Waals surface area contributed by atoms with E-state index in [0.29, 0.717) is 23.7 Å². The largest absolute Gasteiger partial charge is 0.474 e. The van der Waals surface area contributed by atoms with E-state index >= 15 is 0 Å². The molecule has 0 radical (unpaired) electrons. The maximum atomic E-state index is 11.1. The van der Waals surface area contributed by atoms with Crippen LogP contribution in [-0.4, -0.2) is 45.4 Å². The van der Waals surface area contributed by atoms with Gasteiger partial charge in [-0.2, -0.15) is 0 Å². The summed E-state index contributed by atoms with van der Waals surface area (Å²) in [4.78, 5) is 25.6. The predicted octanol–water partition coefficient (Wildman–Crippen LogP) is 1.43. The monoisotopic (exact) mass is 376 g/mol. The lowest BCUT2D eigenvalue weighted by molar-refractivity contribution is -0.147. The van der Waals surface area contributed by atoms with E-state index < -0.39 is 11.9 Å². The number of benzene rings is 1. The fourth-order valence-electron chi connectivity index (χ4n) is 1.74. The molecule has 0 fully saturated rings. The van der Waals surface area contributed by atoms with Crippen LogP contribution in [0.3, 0.4) is 0 Å². The zero-order valence-electron chi connectivity index (χ0n) is 13.5. The average molecular weight is 376 g/mol. The lowest BCUT2D eigenvalue weighted by Gasteiger charge is -1.94. The predicted molar refractivity (Wildman–Crippen MR) is 95.5 cm³/mol. The molecule has 0 aliphatic rings. The molecule has 0 spiro atoms. The number of carbonyl (C=O) groups excluding carboxylic acids is 1. The van der Waals surface area contributed by atoms with E-state index in [2.05, 4.69) is 15.5 Å². The third-order valence-electron chi connectivity index (χ3n) is 2.88. The first kappa shape index (κ1) is 19.2. The molecule has 0 atom stereocenters. The van der Waals surface area contributed by atoms with Gasteiger partial charge in [0.25, 0.3) is 0 Å². The number of nitrogens with one attached hydrogen (secondary N) is 1. The third-order valence-corrected chi connectivity index (χ3v) is 3.64. The minimum absolute atomic E-state index is 0.0972. The van der Waals surface area contributed by atoms with Crippen molar-refractivity contribution in [2.24, 2.45) is 5.73 Å². The Bertz CT molecular complexity index is 860. The van der Waals surface area contributed by atoms with E-state index in [1.807, 2.05) is 30.3 Å². The average Bonchev–Trinajstić information content (AvgIpc) is 3.32. The van der Waals surface area contributed by atoms with Gasteiger partial charge in [-0.1, -0.05) is 35.5 Å². The summed E-state index contributed by atoms with van der Waals surface area (Å²) in [5.74, 6) is -2.27. The van der Waals surface area contributed by atoms with Crippen molar-refractivity contribution in [3.8, 4) is 22.7 Å². The SMILES string of the molecule is NCCO.O=C(O)C(=O)Nc1nc(-c2cc(-c3ccccc3)no2)cs1. The molecular weight excluding hydrogens is 360 g/mol. The summed E-state index contributed by atoms with van der Waals surface area (Å²) in [5, 5.41) is 24.3. The Kier molecular flexibility index (Phi) is 6.97. The van der Waals surface area contributed by atoms with Crippen molar-refractivity contribution in [1.82, 2.24) is 10.1 Å². The second kappa shape index (κ2) is 9.42. The van der Waals surface area contributed by atoms with E-state index in [-0.39, 0.29) is 11.7 Å². The molecule has 3 aromatic rings. The first-order valence-electron chi connectivity index (χ1n) is 7.38.